The number of amides is 1. The molecule has 4 rings (SSSR count). The van der Waals surface area contributed by atoms with Crippen LogP contribution in [-0.2, 0) is 4.79 Å². The summed E-state index contributed by atoms with van der Waals surface area (Å²) in [7, 11) is 0. The van der Waals surface area contributed by atoms with Crippen molar-refractivity contribution in [2.75, 3.05) is 13.2 Å². The van der Waals surface area contributed by atoms with E-state index in [1.807, 2.05) is 24.3 Å². The molecule has 2 aromatic rings. The normalized spacial score (nSPS) is 30.6. The van der Waals surface area contributed by atoms with Gasteiger partial charge < -0.3 is 15.8 Å². The van der Waals surface area contributed by atoms with Gasteiger partial charge in [0.1, 0.15) is 12.4 Å². The fourth-order valence-electron chi connectivity index (χ4n) is 5.59. The molecule has 2 aliphatic rings. The zero-order valence-electron chi connectivity index (χ0n) is 17.3. The van der Waals surface area contributed by atoms with E-state index < -0.39 is 0 Å². The van der Waals surface area contributed by atoms with E-state index in [-0.39, 0.29) is 35.1 Å². The van der Waals surface area contributed by atoms with Crippen LogP contribution in [0.1, 0.15) is 49.7 Å². The number of hydrogen-bond acceptors (Lipinski definition) is 3. The van der Waals surface area contributed by atoms with E-state index in [4.69, 9.17) is 33.7 Å². The first-order valence-corrected chi connectivity index (χ1v) is 11.3. The molecule has 6 heteroatoms. The molecule has 1 saturated heterocycles. The van der Waals surface area contributed by atoms with Crippen LogP contribution in [0.2, 0.25) is 10.0 Å². The first-order valence-electron chi connectivity index (χ1n) is 10.5. The van der Waals surface area contributed by atoms with E-state index in [1.54, 1.807) is 0 Å². The standard InChI is InChI=1S/C24H28Cl2N2O2/c1-14-22-21(15-3-5-16(25)6-4-15)19(9-10-24(22,2)23(29)28-14)18-8-7-17(13-20(18)26)30-12-11-27/h3-8,13-14,19,21-22H,9-12,27H2,1-2H3,(H,28,29)/t14-,19+,21?,22+,24-/m1/s1. The Kier molecular flexibility index (Phi) is 6.02. The van der Waals surface area contributed by atoms with Crippen molar-refractivity contribution in [2.45, 2.75) is 44.6 Å². The molecule has 0 spiro atoms. The molecule has 0 aromatic heterocycles. The average molecular weight is 447 g/mol. The van der Waals surface area contributed by atoms with Crippen LogP contribution in [0.15, 0.2) is 42.5 Å². The van der Waals surface area contributed by atoms with E-state index in [2.05, 4.69) is 37.4 Å². The summed E-state index contributed by atoms with van der Waals surface area (Å²) in [5.74, 6) is 1.42. The number of carbonyl (C=O) groups excluding carboxylic acids is 1. The van der Waals surface area contributed by atoms with Gasteiger partial charge in [-0.1, -0.05) is 48.3 Å². The van der Waals surface area contributed by atoms with Crippen molar-refractivity contribution in [1.29, 1.82) is 0 Å². The van der Waals surface area contributed by atoms with Crippen LogP contribution in [0.3, 0.4) is 0 Å². The number of rotatable bonds is 5. The van der Waals surface area contributed by atoms with E-state index in [0.29, 0.717) is 23.2 Å². The first kappa shape index (κ1) is 21.5. The van der Waals surface area contributed by atoms with Crippen molar-refractivity contribution in [3.63, 3.8) is 0 Å². The van der Waals surface area contributed by atoms with Gasteiger partial charge >= 0.3 is 0 Å². The molecule has 5 atom stereocenters. The van der Waals surface area contributed by atoms with Gasteiger partial charge in [-0.15, -0.1) is 0 Å². The largest absolute Gasteiger partial charge is 0.492 e. The number of nitrogens with one attached hydrogen (secondary N) is 1. The van der Waals surface area contributed by atoms with Gasteiger partial charge in [-0.05, 0) is 67.0 Å². The van der Waals surface area contributed by atoms with Gasteiger partial charge in [0.25, 0.3) is 0 Å². The lowest BCUT2D eigenvalue weighted by Crippen LogP contribution is -2.42. The predicted octanol–water partition coefficient (Wildman–Crippen LogP) is 5.13. The third-order valence-corrected chi connectivity index (χ3v) is 7.54. The maximum Gasteiger partial charge on any atom is 0.226 e. The monoisotopic (exact) mass is 446 g/mol. The van der Waals surface area contributed by atoms with E-state index in [1.165, 1.54) is 5.56 Å². The second kappa shape index (κ2) is 8.41. The predicted molar refractivity (Wildman–Crippen MR) is 121 cm³/mol. The molecule has 1 aliphatic carbocycles. The highest BCUT2D eigenvalue weighted by Gasteiger charge is 2.57. The average Bonchev–Trinajstić information content (AvgIpc) is 2.95. The molecule has 4 nitrogen and oxygen atoms in total. The third kappa shape index (κ3) is 3.70. The molecular weight excluding hydrogens is 419 g/mol. The number of fused-ring (bicyclic) bond motifs is 1. The Balaban J connectivity index is 1.77. The molecule has 1 amide bonds. The van der Waals surface area contributed by atoms with Gasteiger partial charge in [-0.25, -0.2) is 0 Å². The molecule has 1 saturated carbocycles. The lowest BCUT2D eigenvalue weighted by atomic mass is 9.56. The Morgan fingerprint density at radius 3 is 2.60 bits per heavy atom. The highest BCUT2D eigenvalue weighted by Crippen LogP contribution is 2.59. The minimum Gasteiger partial charge on any atom is -0.492 e. The van der Waals surface area contributed by atoms with Crippen molar-refractivity contribution in [2.24, 2.45) is 17.1 Å². The maximum atomic E-state index is 12.8. The van der Waals surface area contributed by atoms with Gasteiger partial charge in [0, 0.05) is 28.5 Å². The van der Waals surface area contributed by atoms with Crippen LogP contribution in [0, 0.1) is 11.3 Å². The van der Waals surface area contributed by atoms with E-state index >= 15 is 0 Å². The molecule has 1 aliphatic heterocycles. The number of carbonyl (C=O) groups is 1. The number of ether oxygens (including phenoxy) is 1. The lowest BCUT2D eigenvalue weighted by Gasteiger charge is -2.46. The summed E-state index contributed by atoms with van der Waals surface area (Å²) < 4.78 is 5.64. The second-order valence-electron chi connectivity index (χ2n) is 8.75. The van der Waals surface area contributed by atoms with E-state index in [0.717, 1.165) is 24.2 Å². The lowest BCUT2D eigenvalue weighted by molar-refractivity contribution is -0.129. The Labute approximate surface area is 188 Å². The zero-order chi connectivity index (χ0) is 21.5. The number of nitrogens with two attached hydrogens (primary N) is 1. The van der Waals surface area contributed by atoms with Crippen LogP contribution < -0.4 is 15.8 Å². The fourth-order valence-corrected chi connectivity index (χ4v) is 6.02. The Bertz CT molecular complexity index is 933. The summed E-state index contributed by atoms with van der Waals surface area (Å²) in [4.78, 5) is 12.8. The summed E-state index contributed by atoms with van der Waals surface area (Å²) in [5, 5.41) is 4.61. The summed E-state index contributed by atoms with van der Waals surface area (Å²) >= 11 is 12.9. The molecule has 30 heavy (non-hydrogen) atoms. The topological polar surface area (TPSA) is 64.3 Å². The van der Waals surface area contributed by atoms with Crippen molar-refractivity contribution in [1.82, 2.24) is 5.32 Å². The van der Waals surface area contributed by atoms with Crippen LogP contribution in [-0.4, -0.2) is 25.1 Å². The molecule has 1 heterocycles. The van der Waals surface area contributed by atoms with Crippen LogP contribution >= 0.6 is 23.2 Å². The number of halogens is 2. The SMILES string of the molecule is C[C@H]1NC(=O)[C@]2(C)CC[C@@H](c3ccc(OCCN)cc3Cl)C(c3ccc(Cl)cc3)[C@H]12. The summed E-state index contributed by atoms with van der Waals surface area (Å²) in [6, 6.07) is 14.0. The van der Waals surface area contributed by atoms with E-state index in [9.17, 15) is 4.79 Å². The van der Waals surface area contributed by atoms with Crippen LogP contribution in [0.4, 0.5) is 0 Å². The van der Waals surface area contributed by atoms with Gasteiger partial charge in [0.2, 0.25) is 5.91 Å². The number of benzene rings is 2. The van der Waals surface area contributed by atoms with Gasteiger partial charge in [-0.3, -0.25) is 4.79 Å². The molecule has 0 radical (unpaired) electrons. The first-order chi connectivity index (χ1) is 14.3. The quantitative estimate of drug-likeness (QED) is 0.668. The Morgan fingerprint density at radius 2 is 1.93 bits per heavy atom. The molecular formula is C24H28Cl2N2O2. The summed E-state index contributed by atoms with van der Waals surface area (Å²) in [6.07, 6.45) is 1.73. The Morgan fingerprint density at radius 1 is 1.20 bits per heavy atom. The van der Waals surface area contributed by atoms with Crippen molar-refractivity contribution < 1.29 is 9.53 Å². The van der Waals surface area contributed by atoms with Crippen molar-refractivity contribution in [3.05, 3.63) is 63.6 Å². The summed E-state index contributed by atoms with van der Waals surface area (Å²) in [5.41, 5.74) is 7.46. The third-order valence-electron chi connectivity index (χ3n) is 6.96. The van der Waals surface area contributed by atoms with Crippen molar-refractivity contribution in [3.8, 4) is 5.75 Å². The second-order valence-corrected chi connectivity index (χ2v) is 9.59. The zero-order valence-corrected chi connectivity index (χ0v) is 18.8. The maximum absolute atomic E-state index is 12.8. The Hall–Kier alpha value is -1.75. The van der Waals surface area contributed by atoms with Crippen molar-refractivity contribution >= 4 is 29.1 Å². The fraction of sp³-hybridized carbons (Fsp3) is 0.458. The minimum atomic E-state index is -0.378. The molecule has 2 fully saturated rings. The molecule has 1 unspecified atom stereocenters. The minimum absolute atomic E-state index is 0.0944. The molecule has 160 valence electrons. The highest BCUT2D eigenvalue weighted by atomic mass is 35.5. The summed E-state index contributed by atoms with van der Waals surface area (Å²) in [6.45, 7) is 5.14. The van der Waals surface area contributed by atoms with Gasteiger partial charge in [0.15, 0.2) is 0 Å². The number of hydrogen-bond donors (Lipinski definition) is 2. The molecule has 3 N–H and O–H groups in total. The molecule has 0 bridgehead atoms. The van der Waals surface area contributed by atoms with Gasteiger partial charge in [-0.2, -0.15) is 0 Å². The smallest absolute Gasteiger partial charge is 0.226 e. The van der Waals surface area contributed by atoms with Crippen LogP contribution in [0.25, 0.3) is 0 Å². The highest BCUT2D eigenvalue weighted by molar-refractivity contribution is 6.31. The van der Waals surface area contributed by atoms with Gasteiger partial charge in [0.05, 0.1) is 5.41 Å². The van der Waals surface area contributed by atoms with Crippen LogP contribution in [0.5, 0.6) is 5.75 Å². The molecule has 2 aromatic carbocycles.